The number of hydrogen-bond donors (Lipinski definition) is 1. The number of thiophene rings is 1. The van der Waals surface area contributed by atoms with Crippen LogP contribution in [0.4, 0.5) is 0 Å². The number of esters is 1. The topological polar surface area (TPSA) is 92.3 Å². The highest BCUT2D eigenvalue weighted by Crippen LogP contribution is 2.51. The molecule has 1 aromatic carbocycles. The molecule has 1 N–H and O–H groups in total. The van der Waals surface area contributed by atoms with Gasteiger partial charge in [-0.25, -0.2) is 4.79 Å². The van der Waals surface area contributed by atoms with E-state index in [4.69, 9.17) is 23.7 Å². The minimum absolute atomic E-state index is 0.00378. The standard InChI is InChI=1S/C29H33NO7S/c1-16-24(29(32)37-15-18-7-5-11-36-18)25(19-9-10-22(33-2)28(35-4)27(19)34-3)26-20(30-16)13-17(14-21(26)31)23-8-6-12-38-23/h6,8-10,12,17-18,25,30H,5,7,11,13-15H2,1-4H3/t17-,18-,25-/m1/s1. The van der Waals surface area contributed by atoms with E-state index < -0.39 is 11.9 Å². The summed E-state index contributed by atoms with van der Waals surface area (Å²) in [4.78, 5) is 28.7. The van der Waals surface area contributed by atoms with Gasteiger partial charge >= 0.3 is 5.97 Å². The van der Waals surface area contributed by atoms with Crippen LogP contribution in [-0.2, 0) is 19.1 Å². The number of rotatable bonds is 8. The van der Waals surface area contributed by atoms with Gasteiger partial charge in [0, 0.05) is 46.4 Å². The molecule has 3 aliphatic rings. The molecule has 1 aromatic heterocycles. The van der Waals surface area contributed by atoms with Crippen LogP contribution in [0, 0.1) is 0 Å². The summed E-state index contributed by atoms with van der Waals surface area (Å²) in [6.45, 7) is 2.70. The average Bonchev–Trinajstić information content (AvgIpc) is 3.64. The van der Waals surface area contributed by atoms with Crippen LogP contribution in [0.15, 0.2) is 52.2 Å². The zero-order valence-electron chi connectivity index (χ0n) is 22.1. The monoisotopic (exact) mass is 539 g/mol. The Morgan fingerprint density at radius 2 is 1.92 bits per heavy atom. The van der Waals surface area contributed by atoms with Crippen molar-refractivity contribution in [3.8, 4) is 17.2 Å². The summed E-state index contributed by atoms with van der Waals surface area (Å²) in [5, 5.41) is 5.43. The molecular formula is C29H33NO7S. The van der Waals surface area contributed by atoms with E-state index in [9.17, 15) is 9.59 Å². The molecule has 0 unspecified atom stereocenters. The highest BCUT2D eigenvalue weighted by molar-refractivity contribution is 7.10. The number of ketones is 1. The minimum atomic E-state index is -0.685. The molecule has 0 spiro atoms. The molecule has 38 heavy (non-hydrogen) atoms. The molecule has 8 nitrogen and oxygen atoms in total. The summed E-state index contributed by atoms with van der Waals surface area (Å²) in [5.74, 6) is 0.223. The van der Waals surface area contributed by atoms with E-state index >= 15 is 0 Å². The van der Waals surface area contributed by atoms with Gasteiger partial charge in [0.25, 0.3) is 0 Å². The lowest BCUT2D eigenvalue weighted by Gasteiger charge is -2.37. The molecule has 1 fully saturated rings. The zero-order valence-corrected chi connectivity index (χ0v) is 22.9. The van der Waals surface area contributed by atoms with Crippen molar-refractivity contribution in [3.63, 3.8) is 0 Å². The van der Waals surface area contributed by atoms with Crippen molar-refractivity contribution in [2.75, 3.05) is 34.5 Å². The second-order valence-electron chi connectivity index (χ2n) is 9.69. The summed E-state index contributed by atoms with van der Waals surface area (Å²) < 4.78 is 28.4. The fourth-order valence-corrected chi connectivity index (χ4v) is 6.55. The molecule has 3 atom stereocenters. The van der Waals surface area contributed by atoms with E-state index in [-0.39, 0.29) is 24.4 Å². The van der Waals surface area contributed by atoms with Crippen LogP contribution in [-0.4, -0.2) is 52.4 Å². The first-order chi connectivity index (χ1) is 18.5. The van der Waals surface area contributed by atoms with Crippen molar-refractivity contribution in [2.24, 2.45) is 0 Å². The van der Waals surface area contributed by atoms with Gasteiger partial charge in [-0.15, -0.1) is 11.3 Å². The Kier molecular flexibility index (Phi) is 7.76. The van der Waals surface area contributed by atoms with E-state index in [0.29, 0.717) is 59.1 Å². The van der Waals surface area contributed by atoms with Gasteiger partial charge in [0.05, 0.1) is 38.9 Å². The second kappa shape index (κ2) is 11.2. The molecule has 5 rings (SSSR count). The molecule has 2 aromatic rings. The smallest absolute Gasteiger partial charge is 0.336 e. The van der Waals surface area contributed by atoms with Gasteiger partial charge in [-0.05, 0) is 43.7 Å². The molecule has 1 aliphatic carbocycles. The summed E-state index contributed by atoms with van der Waals surface area (Å²) >= 11 is 1.66. The van der Waals surface area contributed by atoms with Crippen molar-refractivity contribution in [1.29, 1.82) is 0 Å². The molecular weight excluding hydrogens is 506 g/mol. The Balaban J connectivity index is 1.60. The van der Waals surface area contributed by atoms with Gasteiger partial charge in [-0.2, -0.15) is 0 Å². The van der Waals surface area contributed by atoms with Gasteiger partial charge in [-0.1, -0.05) is 12.1 Å². The van der Waals surface area contributed by atoms with Crippen LogP contribution in [0.2, 0.25) is 0 Å². The van der Waals surface area contributed by atoms with Gasteiger partial charge in [0.15, 0.2) is 17.3 Å². The second-order valence-corrected chi connectivity index (χ2v) is 10.7. The predicted molar refractivity (Wildman–Crippen MR) is 143 cm³/mol. The van der Waals surface area contributed by atoms with E-state index in [2.05, 4.69) is 11.4 Å². The largest absolute Gasteiger partial charge is 0.493 e. The van der Waals surface area contributed by atoms with Crippen LogP contribution in [0.1, 0.15) is 54.9 Å². The number of carbonyl (C=O) groups is 2. The van der Waals surface area contributed by atoms with Gasteiger partial charge < -0.3 is 29.0 Å². The lowest BCUT2D eigenvalue weighted by Crippen LogP contribution is -2.36. The normalized spacial score (nSPS) is 23.2. The number of ether oxygens (including phenoxy) is 5. The van der Waals surface area contributed by atoms with Crippen LogP contribution >= 0.6 is 11.3 Å². The highest BCUT2D eigenvalue weighted by atomic mass is 32.1. The van der Waals surface area contributed by atoms with Gasteiger partial charge in [-0.3, -0.25) is 4.79 Å². The van der Waals surface area contributed by atoms with Crippen molar-refractivity contribution in [1.82, 2.24) is 5.32 Å². The number of nitrogens with one attached hydrogen (secondary N) is 1. The third kappa shape index (κ3) is 4.80. The van der Waals surface area contributed by atoms with E-state index in [1.807, 2.05) is 24.4 Å². The molecule has 1 saturated heterocycles. The average molecular weight is 540 g/mol. The summed E-state index contributed by atoms with van der Waals surface area (Å²) in [5.41, 5.74) is 3.08. The lowest BCUT2D eigenvalue weighted by atomic mass is 9.72. The Labute approximate surface area is 226 Å². The molecule has 202 valence electrons. The molecule has 3 heterocycles. The molecule has 0 bridgehead atoms. The Morgan fingerprint density at radius 1 is 1.11 bits per heavy atom. The summed E-state index contributed by atoms with van der Waals surface area (Å²) in [7, 11) is 4.63. The highest BCUT2D eigenvalue weighted by Gasteiger charge is 2.43. The van der Waals surface area contributed by atoms with E-state index in [0.717, 1.165) is 18.5 Å². The third-order valence-electron chi connectivity index (χ3n) is 7.46. The maximum absolute atomic E-state index is 13.9. The summed E-state index contributed by atoms with van der Waals surface area (Å²) in [6, 6.07) is 7.68. The number of methoxy groups -OCH3 is 3. The van der Waals surface area contributed by atoms with E-state index in [1.54, 1.807) is 31.6 Å². The Hall–Kier alpha value is -3.30. The summed E-state index contributed by atoms with van der Waals surface area (Å²) in [6.07, 6.45) is 2.73. The van der Waals surface area contributed by atoms with Gasteiger partial charge in [0.1, 0.15) is 6.61 Å². The number of benzene rings is 1. The molecule has 0 amide bonds. The number of carbonyl (C=O) groups excluding carboxylic acids is 2. The molecule has 2 aliphatic heterocycles. The number of Topliss-reactive ketones (excluding diaryl/α,β-unsaturated/α-hetero) is 1. The maximum Gasteiger partial charge on any atom is 0.336 e. The molecule has 0 radical (unpaired) electrons. The zero-order chi connectivity index (χ0) is 26.8. The van der Waals surface area contributed by atoms with Crippen molar-refractivity contribution in [3.05, 3.63) is 62.6 Å². The van der Waals surface area contributed by atoms with Crippen LogP contribution in [0.5, 0.6) is 17.2 Å². The molecule has 9 heteroatoms. The van der Waals surface area contributed by atoms with Gasteiger partial charge in [0.2, 0.25) is 5.75 Å². The van der Waals surface area contributed by atoms with Crippen LogP contribution < -0.4 is 19.5 Å². The Bertz CT molecular complexity index is 1270. The number of hydrogen-bond acceptors (Lipinski definition) is 9. The van der Waals surface area contributed by atoms with Crippen molar-refractivity contribution in [2.45, 2.75) is 50.5 Å². The quantitative estimate of drug-likeness (QED) is 0.476. The van der Waals surface area contributed by atoms with E-state index in [1.165, 1.54) is 12.0 Å². The Morgan fingerprint density at radius 3 is 2.58 bits per heavy atom. The first kappa shape index (κ1) is 26.3. The number of dihydropyridines is 1. The van der Waals surface area contributed by atoms with Crippen molar-refractivity contribution >= 4 is 23.1 Å². The first-order valence-electron chi connectivity index (χ1n) is 12.8. The first-order valence-corrected chi connectivity index (χ1v) is 13.7. The maximum atomic E-state index is 13.9. The SMILES string of the molecule is COc1ccc([C@@H]2C(C(=O)OC[C@H]3CCCO3)=C(C)NC3=C2C(=O)C[C@H](c2cccs2)C3)c(OC)c1OC. The fraction of sp³-hybridized carbons (Fsp3) is 0.448. The fourth-order valence-electron chi connectivity index (χ4n) is 5.72. The number of allylic oxidation sites excluding steroid dienone is 3. The minimum Gasteiger partial charge on any atom is -0.493 e. The lowest BCUT2D eigenvalue weighted by molar-refractivity contribution is -0.142. The van der Waals surface area contributed by atoms with Crippen LogP contribution in [0.25, 0.3) is 0 Å². The van der Waals surface area contributed by atoms with Crippen LogP contribution in [0.3, 0.4) is 0 Å². The molecule has 0 saturated carbocycles. The third-order valence-corrected chi connectivity index (χ3v) is 8.50. The van der Waals surface area contributed by atoms with Crippen molar-refractivity contribution < 1.29 is 33.3 Å². The predicted octanol–water partition coefficient (Wildman–Crippen LogP) is 4.86.